The number of nitrogens with zero attached hydrogens (tertiary/aromatic N) is 2. The summed E-state index contributed by atoms with van der Waals surface area (Å²) in [4.78, 5) is 12.7. The van der Waals surface area contributed by atoms with Gasteiger partial charge in [0.15, 0.2) is 5.72 Å². The maximum absolute atomic E-state index is 13.2. The molecule has 4 nitrogen and oxygen atoms in total. The standard InChI is InChI=1S/C17H11Cl2F3N2O2/c18-12-5-1-10(2-6-12)15(25)24-16(26,9-14(23-24)17(20,21)22)11-3-7-13(19)8-4-11/h1-8,26H,9H2/t16-/m0/s1. The number of hydrogen-bond acceptors (Lipinski definition) is 3. The molecule has 136 valence electrons. The third kappa shape index (κ3) is 3.42. The molecule has 0 saturated heterocycles. The maximum atomic E-state index is 13.2. The van der Waals surface area contributed by atoms with Crippen LogP contribution in [0.2, 0.25) is 10.0 Å². The Morgan fingerprint density at radius 1 is 1.04 bits per heavy atom. The number of aliphatic hydroxyl groups is 1. The Balaban J connectivity index is 2.06. The van der Waals surface area contributed by atoms with E-state index in [1.54, 1.807) is 0 Å². The van der Waals surface area contributed by atoms with Crippen LogP contribution in [0, 0.1) is 0 Å². The molecule has 2 aromatic rings. The molecular formula is C17H11Cl2F3N2O2. The molecule has 0 unspecified atom stereocenters. The normalized spacial score (nSPS) is 20.2. The molecule has 1 N–H and O–H groups in total. The minimum Gasteiger partial charge on any atom is -0.365 e. The van der Waals surface area contributed by atoms with Crippen molar-refractivity contribution >= 4 is 34.8 Å². The topological polar surface area (TPSA) is 52.9 Å². The Hall–Kier alpha value is -2.09. The second kappa shape index (κ2) is 6.57. The van der Waals surface area contributed by atoms with E-state index in [-0.39, 0.29) is 11.1 Å². The van der Waals surface area contributed by atoms with Gasteiger partial charge in [-0.25, -0.2) is 0 Å². The second-order valence-corrected chi connectivity index (χ2v) is 6.54. The van der Waals surface area contributed by atoms with E-state index in [4.69, 9.17) is 23.2 Å². The van der Waals surface area contributed by atoms with Gasteiger partial charge >= 0.3 is 6.18 Å². The van der Waals surface area contributed by atoms with Crippen molar-refractivity contribution in [2.75, 3.05) is 0 Å². The zero-order valence-corrected chi connectivity index (χ0v) is 14.5. The van der Waals surface area contributed by atoms with Crippen LogP contribution in [0.1, 0.15) is 22.3 Å². The molecule has 1 heterocycles. The number of amides is 1. The van der Waals surface area contributed by atoms with Crippen LogP contribution in [0.15, 0.2) is 53.6 Å². The second-order valence-electron chi connectivity index (χ2n) is 5.67. The number of benzene rings is 2. The van der Waals surface area contributed by atoms with E-state index in [0.29, 0.717) is 15.1 Å². The molecule has 0 spiro atoms. The largest absolute Gasteiger partial charge is 0.431 e. The predicted octanol–water partition coefficient (Wildman–Crippen LogP) is 4.60. The maximum Gasteiger partial charge on any atom is 0.431 e. The highest BCUT2D eigenvalue weighted by Crippen LogP contribution is 2.40. The molecule has 0 bridgehead atoms. The molecule has 0 aromatic heterocycles. The van der Waals surface area contributed by atoms with Crippen LogP contribution in [-0.2, 0) is 5.72 Å². The van der Waals surface area contributed by atoms with Crippen molar-refractivity contribution in [3.63, 3.8) is 0 Å². The van der Waals surface area contributed by atoms with Gasteiger partial charge in [0, 0.05) is 21.2 Å². The van der Waals surface area contributed by atoms with Crippen molar-refractivity contribution in [2.24, 2.45) is 5.10 Å². The summed E-state index contributed by atoms with van der Waals surface area (Å²) in [5.74, 6) is -0.890. The fraction of sp³-hybridized carbons (Fsp3) is 0.176. The van der Waals surface area contributed by atoms with Gasteiger partial charge in [-0.05, 0) is 36.4 Å². The summed E-state index contributed by atoms with van der Waals surface area (Å²) in [6.45, 7) is 0. The van der Waals surface area contributed by atoms with Crippen LogP contribution in [0.25, 0.3) is 0 Å². The minimum atomic E-state index is -4.78. The Morgan fingerprint density at radius 2 is 1.54 bits per heavy atom. The fourth-order valence-electron chi connectivity index (χ4n) is 2.57. The highest BCUT2D eigenvalue weighted by Gasteiger charge is 2.53. The fourth-order valence-corrected chi connectivity index (χ4v) is 2.83. The summed E-state index contributed by atoms with van der Waals surface area (Å²) in [5.41, 5.74) is -3.44. The molecule has 1 aliphatic rings. The molecule has 3 rings (SSSR count). The summed E-state index contributed by atoms with van der Waals surface area (Å²) in [6.07, 6.45) is -5.67. The van der Waals surface area contributed by atoms with Crippen LogP contribution in [-0.4, -0.2) is 27.9 Å². The Labute approximate surface area is 156 Å². The molecule has 26 heavy (non-hydrogen) atoms. The predicted molar refractivity (Wildman–Crippen MR) is 91.1 cm³/mol. The average Bonchev–Trinajstić information content (AvgIpc) is 2.94. The summed E-state index contributed by atoms with van der Waals surface area (Å²) < 4.78 is 39.5. The quantitative estimate of drug-likeness (QED) is 0.797. The number of carbonyl (C=O) groups is 1. The van der Waals surface area contributed by atoms with Gasteiger partial charge in [0.05, 0.1) is 6.42 Å². The molecule has 0 fully saturated rings. The van der Waals surface area contributed by atoms with Crippen molar-refractivity contribution in [1.82, 2.24) is 5.01 Å². The van der Waals surface area contributed by atoms with Gasteiger partial charge in [0.1, 0.15) is 5.71 Å². The SMILES string of the molecule is O=C(c1ccc(Cl)cc1)N1N=C(C(F)(F)F)C[C@]1(O)c1ccc(Cl)cc1. The third-order valence-corrected chi connectivity index (χ3v) is 4.41. The van der Waals surface area contributed by atoms with E-state index in [0.717, 1.165) is 0 Å². The lowest BCUT2D eigenvalue weighted by atomic mass is 9.96. The van der Waals surface area contributed by atoms with E-state index < -0.39 is 29.9 Å². The van der Waals surface area contributed by atoms with Gasteiger partial charge in [0.25, 0.3) is 5.91 Å². The minimum absolute atomic E-state index is 0.0361. The Kier molecular flexibility index (Phi) is 4.72. The molecule has 9 heteroatoms. The first kappa shape index (κ1) is 18.7. The third-order valence-electron chi connectivity index (χ3n) is 3.90. The van der Waals surface area contributed by atoms with Gasteiger partial charge in [-0.1, -0.05) is 35.3 Å². The number of hydrogen-bond donors (Lipinski definition) is 1. The lowest BCUT2D eigenvalue weighted by molar-refractivity contribution is -0.0816. The van der Waals surface area contributed by atoms with Gasteiger partial charge in [-0.15, -0.1) is 0 Å². The van der Waals surface area contributed by atoms with E-state index in [1.165, 1.54) is 48.5 Å². The zero-order valence-electron chi connectivity index (χ0n) is 13.0. The smallest absolute Gasteiger partial charge is 0.365 e. The Morgan fingerprint density at radius 3 is 2.04 bits per heavy atom. The first-order valence-electron chi connectivity index (χ1n) is 7.34. The number of carbonyl (C=O) groups excluding carboxylic acids is 1. The number of hydrazone groups is 1. The monoisotopic (exact) mass is 402 g/mol. The molecule has 1 amide bonds. The molecule has 0 saturated carbocycles. The van der Waals surface area contributed by atoms with Crippen molar-refractivity contribution in [1.29, 1.82) is 0 Å². The summed E-state index contributed by atoms with van der Waals surface area (Å²) in [6, 6.07) is 11.0. The first-order valence-corrected chi connectivity index (χ1v) is 8.10. The lowest BCUT2D eigenvalue weighted by Gasteiger charge is -2.31. The van der Waals surface area contributed by atoms with Gasteiger partial charge < -0.3 is 5.11 Å². The van der Waals surface area contributed by atoms with Gasteiger partial charge in [0.2, 0.25) is 0 Å². The van der Waals surface area contributed by atoms with Crippen molar-refractivity contribution < 1.29 is 23.1 Å². The van der Waals surface area contributed by atoms with E-state index >= 15 is 0 Å². The molecule has 1 atom stereocenters. The van der Waals surface area contributed by atoms with E-state index in [1.807, 2.05) is 0 Å². The van der Waals surface area contributed by atoms with Crippen LogP contribution in [0.4, 0.5) is 13.2 Å². The molecule has 2 aromatic carbocycles. The summed E-state index contributed by atoms with van der Waals surface area (Å²) >= 11 is 11.6. The molecule has 0 radical (unpaired) electrons. The van der Waals surface area contributed by atoms with E-state index in [2.05, 4.69) is 5.10 Å². The highest BCUT2D eigenvalue weighted by atomic mass is 35.5. The van der Waals surface area contributed by atoms with Crippen molar-refractivity contribution in [2.45, 2.75) is 18.3 Å². The van der Waals surface area contributed by atoms with Crippen LogP contribution in [0.5, 0.6) is 0 Å². The van der Waals surface area contributed by atoms with Gasteiger partial charge in [-0.2, -0.15) is 23.3 Å². The van der Waals surface area contributed by atoms with Crippen LogP contribution >= 0.6 is 23.2 Å². The molecular weight excluding hydrogens is 392 g/mol. The zero-order chi connectivity index (χ0) is 19.1. The highest BCUT2D eigenvalue weighted by molar-refractivity contribution is 6.30. The van der Waals surface area contributed by atoms with Crippen molar-refractivity contribution in [3.05, 3.63) is 69.7 Å². The van der Waals surface area contributed by atoms with E-state index in [9.17, 15) is 23.1 Å². The lowest BCUT2D eigenvalue weighted by Crippen LogP contribution is -2.43. The number of rotatable bonds is 2. The van der Waals surface area contributed by atoms with Crippen LogP contribution in [0.3, 0.4) is 0 Å². The summed E-state index contributed by atoms with van der Waals surface area (Å²) in [7, 11) is 0. The summed E-state index contributed by atoms with van der Waals surface area (Å²) in [5, 5.41) is 15.5. The van der Waals surface area contributed by atoms with Crippen LogP contribution < -0.4 is 0 Å². The molecule has 1 aliphatic heterocycles. The first-order chi connectivity index (χ1) is 12.1. The molecule has 0 aliphatic carbocycles. The van der Waals surface area contributed by atoms with Crippen molar-refractivity contribution in [3.8, 4) is 0 Å². The average molecular weight is 403 g/mol. The van der Waals surface area contributed by atoms with Gasteiger partial charge in [-0.3, -0.25) is 4.79 Å². The Bertz CT molecular complexity index is 867. The number of halogens is 5. The number of alkyl halides is 3.